The Morgan fingerprint density at radius 2 is 1.72 bits per heavy atom. The molecule has 2 aromatic rings. The maximum Gasteiger partial charge on any atom is 0.332 e. The predicted octanol–water partition coefficient (Wildman–Crippen LogP) is 2.60. The van der Waals surface area contributed by atoms with Gasteiger partial charge in [0.15, 0.2) is 0 Å². The smallest absolute Gasteiger partial charge is 0.332 e. The molecule has 7 nitrogen and oxygen atoms in total. The van der Waals surface area contributed by atoms with Crippen LogP contribution in [0.15, 0.2) is 39.6 Å². The van der Waals surface area contributed by atoms with Crippen molar-refractivity contribution in [3.8, 4) is 0 Å². The van der Waals surface area contributed by atoms with Crippen LogP contribution in [0.4, 0.5) is 11.5 Å². The molecule has 0 amide bonds. The molecular weight excluding hydrogens is 368 g/mol. The molecule has 1 saturated heterocycles. The molecule has 0 unspecified atom stereocenters. The van der Waals surface area contributed by atoms with Crippen molar-refractivity contribution in [3.05, 3.63) is 61.9 Å². The van der Waals surface area contributed by atoms with Gasteiger partial charge in [0.05, 0.1) is 5.70 Å². The van der Waals surface area contributed by atoms with Crippen LogP contribution in [-0.2, 0) is 13.6 Å². The first-order valence-corrected chi connectivity index (χ1v) is 10.2. The Morgan fingerprint density at radius 1 is 1.03 bits per heavy atom. The van der Waals surface area contributed by atoms with Gasteiger partial charge in [-0.05, 0) is 49.5 Å². The Morgan fingerprint density at radius 3 is 2.38 bits per heavy atom. The summed E-state index contributed by atoms with van der Waals surface area (Å²) in [7, 11) is 1.41. The summed E-state index contributed by atoms with van der Waals surface area (Å²) >= 11 is 0. The number of nitrogens with zero attached hydrogens (tertiary/aromatic N) is 3. The second-order valence-corrected chi connectivity index (χ2v) is 7.67. The first-order valence-electron chi connectivity index (χ1n) is 10.2. The minimum atomic E-state index is -0.557. The number of carbonyl (C=O) groups excluding carboxylic acids is 1. The van der Waals surface area contributed by atoms with E-state index in [1.54, 1.807) is 6.08 Å². The highest BCUT2D eigenvalue weighted by molar-refractivity contribution is 6.19. The van der Waals surface area contributed by atoms with E-state index in [0.717, 1.165) is 29.6 Å². The highest BCUT2D eigenvalue weighted by atomic mass is 16.2. The summed E-state index contributed by atoms with van der Waals surface area (Å²) < 4.78 is 2.47. The number of aromatic nitrogens is 2. The van der Waals surface area contributed by atoms with Crippen molar-refractivity contribution in [3.63, 3.8) is 0 Å². The number of piperidine rings is 1. The summed E-state index contributed by atoms with van der Waals surface area (Å²) in [6, 6.07) is 8.09. The quantitative estimate of drug-likeness (QED) is 0.807. The molecule has 4 rings (SSSR count). The first kappa shape index (κ1) is 19.2. The number of hydrogen-bond donors (Lipinski definition) is 1. The predicted molar refractivity (Wildman–Crippen MR) is 115 cm³/mol. The molecule has 1 aromatic carbocycles. The normalized spacial score (nSPS) is 17.5. The summed E-state index contributed by atoms with van der Waals surface area (Å²) in [5.74, 6) is -0.0632. The summed E-state index contributed by atoms with van der Waals surface area (Å²) in [5, 5.41) is 3.02. The monoisotopic (exact) mass is 394 g/mol. The second kappa shape index (κ2) is 7.73. The van der Waals surface area contributed by atoms with Gasteiger partial charge in [0.25, 0.3) is 5.56 Å². The minimum absolute atomic E-state index is 0.0386. The van der Waals surface area contributed by atoms with E-state index in [1.165, 1.54) is 36.6 Å². The molecule has 2 aliphatic heterocycles. The third-order valence-corrected chi connectivity index (χ3v) is 5.64. The van der Waals surface area contributed by atoms with Gasteiger partial charge in [-0.3, -0.25) is 18.7 Å². The van der Waals surface area contributed by atoms with Crippen molar-refractivity contribution in [2.24, 2.45) is 7.05 Å². The lowest BCUT2D eigenvalue weighted by atomic mass is 10.1. The number of hydrogen-bond acceptors (Lipinski definition) is 5. The van der Waals surface area contributed by atoms with E-state index >= 15 is 0 Å². The van der Waals surface area contributed by atoms with Crippen molar-refractivity contribution in [2.75, 3.05) is 23.3 Å². The number of nitrogens with one attached hydrogen (secondary N) is 1. The van der Waals surface area contributed by atoms with Crippen LogP contribution in [0.1, 0.15) is 48.5 Å². The van der Waals surface area contributed by atoms with Crippen LogP contribution in [0.25, 0.3) is 6.08 Å². The molecule has 0 atom stereocenters. The number of carbonyl (C=O) groups is 1. The van der Waals surface area contributed by atoms with Gasteiger partial charge in [0.1, 0.15) is 11.4 Å². The molecule has 0 spiro atoms. The molecule has 0 radical (unpaired) electrons. The highest BCUT2D eigenvalue weighted by Gasteiger charge is 2.32. The Bertz CT molecular complexity index is 1090. The average Bonchev–Trinajstić information content (AvgIpc) is 3.07. The zero-order valence-electron chi connectivity index (χ0n) is 16.9. The van der Waals surface area contributed by atoms with Gasteiger partial charge in [-0.2, -0.15) is 0 Å². The number of benzene rings is 1. The van der Waals surface area contributed by atoms with Crippen molar-refractivity contribution in [1.82, 2.24) is 9.13 Å². The van der Waals surface area contributed by atoms with E-state index in [1.807, 2.05) is 19.1 Å². The van der Waals surface area contributed by atoms with E-state index in [0.29, 0.717) is 18.1 Å². The number of allylic oxidation sites excluding steroid dienone is 1. The van der Waals surface area contributed by atoms with Gasteiger partial charge >= 0.3 is 5.69 Å². The molecule has 7 heteroatoms. The first-order chi connectivity index (χ1) is 14.0. The number of Topliss-reactive ketones (excluding diaryl/α,β-unsaturated/α-hetero) is 1. The van der Waals surface area contributed by atoms with Gasteiger partial charge in [-0.1, -0.05) is 19.1 Å². The fourth-order valence-electron chi connectivity index (χ4n) is 4.05. The van der Waals surface area contributed by atoms with Crippen LogP contribution in [0, 0.1) is 0 Å². The van der Waals surface area contributed by atoms with Gasteiger partial charge in [0, 0.05) is 32.4 Å². The van der Waals surface area contributed by atoms with Crippen LogP contribution >= 0.6 is 0 Å². The molecule has 1 aromatic heterocycles. The van der Waals surface area contributed by atoms with Crippen molar-refractivity contribution < 1.29 is 4.79 Å². The number of anilines is 2. The van der Waals surface area contributed by atoms with E-state index < -0.39 is 11.2 Å². The van der Waals surface area contributed by atoms with Crippen LogP contribution in [0.2, 0.25) is 0 Å². The zero-order valence-corrected chi connectivity index (χ0v) is 16.9. The average molecular weight is 394 g/mol. The lowest BCUT2D eigenvalue weighted by Gasteiger charge is -2.28. The topological polar surface area (TPSA) is 76.3 Å². The highest BCUT2D eigenvalue weighted by Crippen LogP contribution is 2.27. The van der Waals surface area contributed by atoms with Gasteiger partial charge < -0.3 is 10.2 Å². The second-order valence-electron chi connectivity index (χ2n) is 7.67. The van der Waals surface area contributed by atoms with Gasteiger partial charge in [-0.15, -0.1) is 0 Å². The SMILES string of the molecule is CCCn1c2c(c(=O)n(C)c1=O)C(=O)/C(=C\c1ccc(N3CCCCC3)cc1)N2. The Labute approximate surface area is 169 Å². The van der Waals surface area contributed by atoms with Crippen LogP contribution in [0.5, 0.6) is 0 Å². The van der Waals surface area contributed by atoms with E-state index in [2.05, 4.69) is 22.3 Å². The number of ketones is 1. The van der Waals surface area contributed by atoms with E-state index in [4.69, 9.17) is 0 Å². The number of rotatable bonds is 4. The number of fused-ring (bicyclic) bond motifs is 1. The zero-order chi connectivity index (χ0) is 20.5. The van der Waals surface area contributed by atoms with Crippen LogP contribution in [0.3, 0.4) is 0 Å². The summed E-state index contributed by atoms with van der Waals surface area (Å²) in [6.07, 6.45) is 6.19. The standard InChI is InChI=1S/C22H26N4O3/c1-3-11-26-20-18(21(28)24(2)22(26)29)19(27)17(23-20)14-15-7-9-16(10-8-15)25-12-5-4-6-13-25/h7-10,14,23H,3-6,11-13H2,1-2H3/b17-14+. The van der Waals surface area contributed by atoms with Gasteiger partial charge in [-0.25, -0.2) is 4.79 Å². The Kier molecular flexibility index (Phi) is 5.13. The molecule has 29 heavy (non-hydrogen) atoms. The molecule has 0 saturated carbocycles. The molecule has 0 bridgehead atoms. The molecule has 1 N–H and O–H groups in total. The fraction of sp³-hybridized carbons (Fsp3) is 0.409. The molecule has 3 heterocycles. The van der Waals surface area contributed by atoms with Crippen LogP contribution < -0.4 is 21.5 Å². The largest absolute Gasteiger partial charge is 0.372 e. The van der Waals surface area contributed by atoms with E-state index in [9.17, 15) is 14.4 Å². The molecule has 0 aliphatic carbocycles. The van der Waals surface area contributed by atoms with Crippen LogP contribution in [-0.4, -0.2) is 28.0 Å². The van der Waals surface area contributed by atoms with E-state index in [-0.39, 0.29) is 11.3 Å². The van der Waals surface area contributed by atoms with Crippen molar-refractivity contribution >= 4 is 23.4 Å². The summed E-state index contributed by atoms with van der Waals surface area (Å²) in [6.45, 7) is 4.54. The fourth-order valence-corrected chi connectivity index (χ4v) is 4.05. The summed E-state index contributed by atoms with van der Waals surface area (Å²) in [4.78, 5) is 40.2. The lowest BCUT2D eigenvalue weighted by molar-refractivity contribution is 0.104. The van der Waals surface area contributed by atoms with Gasteiger partial charge in [0.2, 0.25) is 5.78 Å². The maximum atomic E-state index is 12.9. The summed E-state index contributed by atoms with van der Waals surface area (Å²) in [5.41, 5.74) is 1.44. The molecule has 152 valence electrons. The Balaban J connectivity index is 1.66. The Hall–Kier alpha value is -3.09. The van der Waals surface area contributed by atoms with Crippen molar-refractivity contribution in [2.45, 2.75) is 39.2 Å². The minimum Gasteiger partial charge on any atom is -0.372 e. The third-order valence-electron chi connectivity index (χ3n) is 5.64. The lowest BCUT2D eigenvalue weighted by Crippen LogP contribution is -2.40. The molecular formula is C22H26N4O3. The maximum absolute atomic E-state index is 12.9. The van der Waals surface area contributed by atoms with Crippen molar-refractivity contribution in [1.29, 1.82) is 0 Å². The molecule has 2 aliphatic rings. The third kappa shape index (κ3) is 3.41. The molecule has 1 fully saturated rings.